The SMILES string of the molecule is CC1(C)CC1Nc1c(F)cc(C(=O)O)cc1F. The number of carboxylic acid groups (broad SMARTS) is 1. The predicted molar refractivity (Wildman–Crippen MR) is 59.1 cm³/mol. The molecule has 2 N–H and O–H groups in total. The van der Waals surface area contributed by atoms with Crippen molar-refractivity contribution in [3.63, 3.8) is 0 Å². The van der Waals surface area contributed by atoms with E-state index < -0.39 is 17.6 Å². The van der Waals surface area contributed by atoms with Crippen molar-refractivity contribution in [2.75, 3.05) is 5.32 Å². The van der Waals surface area contributed by atoms with E-state index >= 15 is 0 Å². The molecule has 0 amide bonds. The van der Waals surface area contributed by atoms with Crippen molar-refractivity contribution < 1.29 is 18.7 Å². The van der Waals surface area contributed by atoms with E-state index in [0.717, 1.165) is 18.6 Å². The van der Waals surface area contributed by atoms with Crippen LogP contribution in [0.2, 0.25) is 0 Å². The summed E-state index contributed by atoms with van der Waals surface area (Å²) >= 11 is 0. The third-order valence-electron chi connectivity index (χ3n) is 3.12. The van der Waals surface area contributed by atoms with Crippen molar-refractivity contribution in [1.29, 1.82) is 0 Å². The number of anilines is 1. The highest BCUT2D eigenvalue weighted by Crippen LogP contribution is 2.47. The van der Waals surface area contributed by atoms with Crippen molar-refractivity contribution in [3.8, 4) is 0 Å². The van der Waals surface area contributed by atoms with Gasteiger partial charge in [0, 0.05) is 6.04 Å². The molecular formula is C12H13F2NO2. The van der Waals surface area contributed by atoms with E-state index in [0.29, 0.717) is 0 Å². The Hall–Kier alpha value is -1.65. The number of benzene rings is 1. The molecule has 2 rings (SSSR count). The van der Waals surface area contributed by atoms with Crippen molar-refractivity contribution in [2.45, 2.75) is 26.3 Å². The van der Waals surface area contributed by atoms with E-state index in [-0.39, 0.29) is 22.7 Å². The maximum absolute atomic E-state index is 13.5. The standard InChI is InChI=1S/C12H13F2NO2/c1-12(2)5-9(12)15-10-7(13)3-6(11(16)17)4-8(10)14/h3-4,9,15H,5H2,1-2H3,(H,16,17). The van der Waals surface area contributed by atoms with Crippen LogP contribution in [0.25, 0.3) is 0 Å². The molecule has 1 fully saturated rings. The van der Waals surface area contributed by atoms with Crippen molar-refractivity contribution in [3.05, 3.63) is 29.3 Å². The number of rotatable bonds is 3. The van der Waals surface area contributed by atoms with Gasteiger partial charge in [0.15, 0.2) is 0 Å². The average molecular weight is 241 g/mol. The van der Waals surface area contributed by atoms with Crippen LogP contribution in [-0.2, 0) is 0 Å². The molecule has 1 aromatic carbocycles. The van der Waals surface area contributed by atoms with Gasteiger partial charge < -0.3 is 10.4 Å². The fourth-order valence-electron chi connectivity index (χ4n) is 1.72. The van der Waals surface area contributed by atoms with Crippen LogP contribution in [0.15, 0.2) is 12.1 Å². The zero-order valence-electron chi connectivity index (χ0n) is 9.55. The van der Waals surface area contributed by atoms with Gasteiger partial charge in [-0.1, -0.05) is 13.8 Å². The molecule has 0 radical (unpaired) electrons. The van der Waals surface area contributed by atoms with Crippen LogP contribution in [0, 0.1) is 17.0 Å². The van der Waals surface area contributed by atoms with Crippen LogP contribution in [0.5, 0.6) is 0 Å². The Balaban J connectivity index is 2.26. The quantitative estimate of drug-likeness (QED) is 0.855. The molecule has 0 aliphatic heterocycles. The fourth-order valence-corrected chi connectivity index (χ4v) is 1.72. The second-order valence-electron chi connectivity index (χ2n) is 5.01. The van der Waals surface area contributed by atoms with Gasteiger partial charge in [0.25, 0.3) is 0 Å². The van der Waals surface area contributed by atoms with Gasteiger partial charge in [0.1, 0.15) is 17.3 Å². The number of halogens is 2. The van der Waals surface area contributed by atoms with Gasteiger partial charge in [-0.2, -0.15) is 0 Å². The molecular weight excluding hydrogens is 228 g/mol. The summed E-state index contributed by atoms with van der Waals surface area (Å²) in [7, 11) is 0. The number of nitrogens with one attached hydrogen (secondary N) is 1. The lowest BCUT2D eigenvalue weighted by molar-refractivity contribution is 0.0696. The number of carboxylic acids is 1. The third kappa shape index (κ3) is 2.23. The Kier molecular flexibility index (Phi) is 2.56. The molecule has 5 heteroatoms. The lowest BCUT2D eigenvalue weighted by Crippen LogP contribution is -2.12. The normalized spacial score (nSPS) is 21.1. The molecule has 1 aliphatic rings. The molecule has 92 valence electrons. The summed E-state index contributed by atoms with van der Waals surface area (Å²) in [4.78, 5) is 10.6. The lowest BCUT2D eigenvalue weighted by atomic mass is 10.1. The van der Waals surface area contributed by atoms with E-state index in [4.69, 9.17) is 5.11 Å². The molecule has 1 atom stereocenters. The first-order valence-electron chi connectivity index (χ1n) is 5.30. The second kappa shape index (κ2) is 3.68. The summed E-state index contributed by atoms with van der Waals surface area (Å²) in [5, 5.41) is 11.4. The summed E-state index contributed by atoms with van der Waals surface area (Å²) < 4.78 is 27.1. The van der Waals surface area contributed by atoms with E-state index in [2.05, 4.69) is 5.32 Å². The molecule has 3 nitrogen and oxygen atoms in total. The Bertz CT molecular complexity index is 462. The highest BCUT2D eigenvalue weighted by atomic mass is 19.1. The lowest BCUT2D eigenvalue weighted by Gasteiger charge is -2.10. The first-order chi connectivity index (χ1) is 7.81. The van der Waals surface area contributed by atoms with E-state index in [9.17, 15) is 13.6 Å². The van der Waals surface area contributed by atoms with Crippen LogP contribution in [-0.4, -0.2) is 17.1 Å². The minimum Gasteiger partial charge on any atom is -0.478 e. The zero-order chi connectivity index (χ0) is 12.8. The summed E-state index contributed by atoms with van der Waals surface area (Å²) in [6.45, 7) is 3.98. The Morgan fingerprint density at radius 3 is 2.24 bits per heavy atom. The predicted octanol–water partition coefficient (Wildman–Crippen LogP) is 2.87. The summed E-state index contributed by atoms with van der Waals surface area (Å²) in [5.41, 5.74) is -0.601. The molecule has 1 saturated carbocycles. The van der Waals surface area contributed by atoms with Crippen LogP contribution < -0.4 is 5.32 Å². The first-order valence-corrected chi connectivity index (χ1v) is 5.30. The molecule has 1 unspecified atom stereocenters. The Morgan fingerprint density at radius 2 is 1.88 bits per heavy atom. The molecule has 0 saturated heterocycles. The molecule has 0 bridgehead atoms. The van der Waals surface area contributed by atoms with Crippen LogP contribution >= 0.6 is 0 Å². The Morgan fingerprint density at radius 1 is 1.41 bits per heavy atom. The van der Waals surface area contributed by atoms with Gasteiger partial charge in [-0.15, -0.1) is 0 Å². The molecule has 1 aromatic rings. The smallest absolute Gasteiger partial charge is 0.335 e. The number of aromatic carboxylic acids is 1. The second-order valence-corrected chi connectivity index (χ2v) is 5.01. The monoisotopic (exact) mass is 241 g/mol. The summed E-state index contributed by atoms with van der Waals surface area (Å²) in [6.07, 6.45) is 0.840. The van der Waals surface area contributed by atoms with Crippen molar-refractivity contribution >= 4 is 11.7 Å². The van der Waals surface area contributed by atoms with Gasteiger partial charge in [0.2, 0.25) is 0 Å². The maximum atomic E-state index is 13.5. The topological polar surface area (TPSA) is 49.3 Å². The van der Waals surface area contributed by atoms with Gasteiger partial charge in [-0.25, -0.2) is 13.6 Å². The minimum absolute atomic E-state index is 0.0298. The molecule has 0 heterocycles. The number of hydrogen-bond acceptors (Lipinski definition) is 2. The summed E-state index contributed by atoms with van der Waals surface area (Å²) in [5.74, 6) is -3.09. The average Bonchev–Trinajstić information content (AvgIpc) is 2.79. The highest BCUT2D eigenvalue weighted by Gasteiger charge is 2.46. The maximum Gasteiger partial charge on any atom is 0.335 e. The molecule has 1 aliphatic carbocycles. The molecule has 0 spiro atoms. The highest BCUT2D eigenvalue weighted by molar-refractivity contribution is 5.88. The van der Waals surface area contributed by atoms with E-state index in [1.165, 1.54) is 0 Å². The van der Waals surface area contributed by atoms with Crippen molar-refractivity contribution in [1.82, 2.24) is 0 Å². The van der Waals surface area contributed by atoms with Crippen LogP contribution in [0.4, 0.5) is 14.5 Å². The van der Waals surface area contributed by atoms with Gasteiger partial charge in [-0.3, -0.25) is 0 Å². The minimum atomic E-state index is -1.35. The molecule has 17 heavy (non-hydrogen) atoms. The van der Waals surface area contributed by atoms with Gasteiger partial charge >= 0.3 is 5.97 Å². The van der Waals surface area contributed by atoms with Gasteiger partial charge in [-0.05, 0) is 24.0 Å². The number of hydrogen-bond donors (Lipinski definition) is 2. The van der Waals surface area contributed by atoms with Gasteiger partial charge in [0.05, 0.1) is 5.56 Å². The van der Waals surface area contributed by atoms with E-state index in [1.54, 1.807) is 0 Å². The summed E-state index contributed by atoms with van der Waals surface area (Å²) in [6, 6.07) is 1.67. The first kappa shape index (κ1) is 11.8. The van der Waals surface area contributed by atoms with E-state index in [1.807, 2.05) is 13.8 Å². The Labute approximate surface area is 97.5 Å². The van der Waals surface area contributed by atoms with Crippen molar-refractivity contribution in [2.24, 2.45) is 5.41 Å². The fraction of sp³-hybridized carbons (Fsp3) is 0.417. The molecule has 0 aromatic heterocycles. The largest absolute Gasteiger partial charge is 0.478 e. The third-order valence-corrected chi connectivity index (χ3v) is 3.12. The zero-order valence-corrected chi connectivity index (χ0v) is 9.55. The van der Waals surface area contributed by atoms with Crippen LogP contribution in [0.1, 0.15) is 30.6 Å². The van der Waals surface area contributed by atoms with Crippen LogP contribution in [0.3, 0.4) is 0 Å². The number of carbonyl (C=O) groups is 1.